The van der Waals surface area contributed by atoms with Crippen LogP contribution in [-0.4, -0.2) is 14.1 Å². The fourth-order valence-electron chi connectivity index (χ4n) is 6.29. The number of nitrogens with zero attached hydrogens (tertiary/aromatic N) is 3. The highest BCUT2D eigenvalue weighted by atomic mass is 32.1. The second-order valence-corrected chi connectivity index (χ2v) is 11.6. The van der Waals surface area contributed by atoms with E-state index in [0.717, 1.165) is 33.5 Å². The van der Waals surface area contributed by atoms with Crippen LogP contribution in [0.4, 0.5) is 0 Å². The predicted octanol–water partition coefficient (Wildman–Crippen LogP) is 10.2. The Hall–Kier alpha value is -5.19. The number of rotatable bonds is 3. The molecule has 0 bridgehead atoms. The molecule has 0 saturated carbocycles. The lowest BCUT2D eigenvalue weighted by Gasteiger charge is -2.08. The third-order valence-corrected chi connectivity index (χ3v) is 9.31. The number of fused-ring (bicyclic) bond motifs is 7. The number of para-hydroxylation sites is 2. The number of thiophene rings is 1. The largest absolute Gasteiger partial charge is 0.314 e. The van der Waals surface area contributed by atoms with Gasteiger partial charge in [-0.3, -0.25) is 4.98 Å². The van der Waals surface area contributed by atoms with E-state index in [0.29, 0.717) is 0 Å². The molecule has 0 aliphatic carbocycles. The second-order valence-electron chi connectivity index (χ2n) is 10.5. The summed E-state index contributed by atoms with van der Waals surface area (Å²) in [5.41, 5.74) is 9.06. The van der Waals surface area contributed by atoms with Crippen molar-refractivity contribution in [2.24, 2.45) is 0 Å². The van der Waals surface area contributed by atoms with E-state index in [1.807, 2.05) is 17.5 Å². The van der Waals surface area contributed by atoms with Crippen molar-refractivity contribution in [3.8, 4) is 22.5 Å². The van der Waals surface area contributed by atoms with Gasteiger partial charge in [0.25, 0.3) is 0 Å². The summed E-state index contributed by atoms with van der Waals surface area (Å²) < 4.78 is 7.33. The van der Waals surface area contributed by atoms with Crippen molar-refractivity contribution in [2.45, 2.75) is 0 Å². The highest BCUT2D eigenvalue weighted by Crippen LogP contribution is 2.42. The first kappa shape index (κ1) is 22.6. The zero-order valence-electron chi connectivity index (χ0n) is 22.0. The van der Waals surface area contributed by atoms with E-state index in [4.69, 9.17) is 4.98 Å². The fourth-order valence-corrected chi connectivity index (χ4v) is 7.41. The predicted molar refractivity (Wildman–Crippen MR) is 174 cm³/mol. The zero-order chi connectivity index (χ0) is 26.9. The number of hydrogen-bond acceptors (Lipinski definition) is 2. The van der Waals surface area contributed by atoms with Gasteiger partial charge in [-0.2, -0.15) is 0 Å². The minimum Gasteiger partial charge on any atom is -0.314 e. The van der Waals surface area contributed by atoms with Gasteiger partial charge >= 0.3 is 0 Å². The average Bonchev–Trinajstić information content (AvgIpc) is 3.69. The first-order valence-corrected chi connectivity index (χ1v) is 14.6. The Morgan fingerprint density at radius 1 is 0.512 bits per heavy atom. The van der Waals surface area contributed by atoms with Gasteiger partial charge in [-0.15, -0.1) is 11.3 Å². The van der Waals surface area contributed by atoms with Crippen molar-refractivity contribution in [3.63, 3.8) is 0 Å². The molecule has 192 valence electrons. The van der Waals surface area contributed by atoms with Gasteiger partial charge in [0.1, 0.15) is 0 Å². The highest BCUT2D eigenvalue weighted by molar-refractivity contribution is 7.25. The van der Waals surface area contributed by atoms with E-state index in [1.54, 1.807) is 0 Å². The molecule has 0 fully saturated rings. The fraction of sp³-hybridized carbons (Fsp3) is 0. The highest BCUT2D eigenvalue weighted by Gasteiger charge is 2.20. The number of hydrogen-bond donors (Lipinski definition) is 0. The molecule has 0 unspecified atom stereocenters. The molecule has 0 amide bonds. The van der Waals surface area contributed by atoms with Gasteiger partial charge in [0.15, 0.2) is 0 Å². The second kappa shape index (κ2) is 8.65. The molecule has 5 aromatic carbocycles. The van der Waals surface area contributed by atoms with E-state index in [2.05, 4.69) is 143 Å². The lowest BCUT2D eigenvalue weighted by atomic mass is 10.1. The summed E-state index contributed by atoms with van der Waals surface area (Å²) in [5, 5.41) is 4.97. The average molecular weight is 542 g/mol. The van der Waals surface area contributed by atoms with E-state index >= 15 is 0 Å². The normalized spacial score (nSPS) is 11.9. The molecule has 0 saturated heterocycles. The summed E-state index contributed by atoms with van der Waals surface area (Å²) in [6, 6.07) is 45.5. The molecule has 41 heavy (non-hydrogen) atoms. The van der Waals surface area contributed by atoms with Gasteiger partial charge in [-0.05, 0) is 48.0 Å². The van der Waals surface area contributed by atoms with Crippen LogP contribution in [0, 0.1) is 0 Å². The van der Waals surface area contributed by atoms with Gasteiger partial charge < -0.3 is 9.13 Å². The summed E-state index contributed by atoms with van der Waals surface area (Å²) in [6.07, 6.45) is 4.30. The van der Waals surface area contributed by atoms with Gasteiger partial charge in [0.05, 0.1) is 27.8 Å². The maximum absolute atomic E-state index is 5.12. The maximum atomic E-state index is 5.12. The minimum atomic E-state index is 1.02. The number of aromatic nitrogens is 3. The summed E-state index contributed by atoms with van der Waals surface area (Å²) in [7, 11) is 0. The van der Waals surface area contributed by atoms with Crippen molar-refractivity contribution >= 4 is 64.3 Å². The van der Waals surface area contributed by atoms with Crippen molar-refractivity contribution in [3.05, 3.63) is 140 Å². The maximum Gasteiger partial charge on any atom is 0.0964 e. The molecular weight excluding hydrogens is 518 g/mol. The van der Waals surface area contributed by atoms with Crippen LogP contribution < -0.4 is 0 Å². The van der Waals surface area contributed by atoms with E-state index in [1.165, 1.54) is 42.0 Å². The molecule has 0 aliphatic heterocycles. The van der Waals surface area contributed by atoms with Crippen molar-refractivity contribution < 1.29 is 0 Å². The number of pyridine rings is 1. The Balaban J connectivity index is 1.43. The molecule has 0 radical (unpaired) electrons. The van der Waals surface area contributed by atoms with E-state index < -0.39 is 0 Å². The monoisotopic (exact) mass is 541 g/mol. The van der Waals surface area contributed by atoms with Crippen molar-refractivity contribution in [2.75, 3.05) is 0 Å². The van der Waals surface area contributed by atoms with Gasteiger partial charge in [-0.1, -0.05) is 84.9 Å². The van der Waals surface area contributed by atoms with Crippen LogP contribution >= 0.6 is 11.3 Å². The standard InChI is InChI=1S/C37H23N3S/c1-3-11-24(12-4-1)25-19-33-37(38-22-25)30-20-29-27-15-8-10-18-35(27)41-36(29)21-32(30)40(33)34-23-39(26-13-5-2-6-14-26)31-17-9-7-16-28(31)34/h1-23H. The summed E-state index contributed by atoms with van der Waals surface area (Å²) in [4.78, 5) is 5.12. The van der Waals surface area contributed by atoms with Crippen molar-refractivity contribution in [1.82, 2.24) is 14.1 Å². The molecule has 4 aromatic heterocycles. The molecule has 4 heteroatoms. The quantitative estimate of drug-likeness (QED) is 0.218. The molecule has 9 rings (SSSR count). The molecule has 0 aliphatic rings. The summed E-state index contributed by atoms with van der Waals surface area (Å²) in [5.74, 6) is 0. The number of benzene rings is 5. The third kappa shape index (κ3) is 3.35. The lowest BCUT2D eigenvalue weighted by Crippen LogP contribution is -1.94. The Morgan fingerprint density at radius 3 is 2.10 bits per heavy atom. The molecule has 9 aromatic rings. The van der Waals surface area contributed by atoms with Gasteiger partial charge in [0, 0.05) is 54.6 Å². The molecule has 0 atom stereocenters. The molecule has 4 heterocycles. The molecule has 3 nitrogen and oxygen atoms in total. The molecule has 0 spiro atoms. The summed E-state index contributed by atoms with van der Waals surface area (Å²) in [6.45, 7) is 0. The van der Waals surface area contributed by atoms with Crippen LogP contribution in [0.2, 0.25) is 0 Å². The molecule has 0 N–H and O–H groups in total. The first-order valence-electron chi connectivity index (χ1n) is 13.8. The Labute approximate surface area is 240 Å². The Kier molecular flexibility index (Phi) is 4.77. The Morgan fingerprint density at radius 2 is 1.24 bits per heavy atom. The van der Waals surface area contributed by atoms with Crippen LogP contribution in [0.5, 0.6) is 0 Å². The van der Waals surface area contributed by atoms with E-state index in [-0.39, 0.29) is 0 Å². The van der Waals surface area contributed by atoms with Crippen LogP contribution in [0.3, 0.4) is 0 Å². The third-order valence-electron chi connectivity index (χ3n) is 8.17. The van der Waals surface area contributed by atoms with Gasteiger partial charge in [-0.25, -0.2) is 0 Å². The van der Waals surface area contributed by atoms with E-state index in [9.17, 15) is 0 Å². The summed E-state index contributed by atoms with van der Waals surface area (Å²) >= 11 is 1.86. The smallest absolute Gasteiger partial charge is 0.0964 e. The molecular formula is C37H23N3S. The SMILES string of the molecule is c1ccc(-c2cnc3c4cc5c(cc4n(-c4cn(-c6ccccc6)c6ccccc46)c3c2)sc2ccccc25)cc1. The first-order chi connectivity index (χ1) is 20.3. The topological polar surface area (TPSA) is 22.8 Å². The zero-order valence-corrected chi connectivity index (χ0v) is 22.8. The van der Waals surface area contributed by atoms with Crippen LogP contribution in [0.15, 0.2) is 140 Å². The van der Waals surface area contributed by atoms with Crippen molar-refractivity contribution in [1.29, 1.82) is 0 Å². The Bertz CT molecular complexity index is 2410. The van der Waals surface area contributed by atoms with Crippen LogP contribution in [0.25, 0.3) is 75.5 Å². The minimum absolute atomic E-state index is 1.02. The lowest BCUT2D eigenvalue weighted by molar-refractivity contribution is 1.10. The van der Waals surface area contributed by atoms with Crippen LogP contribution in [0.1, 0.15) is 0 Å². The van der Waals surface area contributed by atoms with Gasteiger partial charge in [0.2, 0.25) is 0 Å². The van der Waals surface area contributed by atoms with Crippen LogP contribution in [-0.2, 0) is 0 Å².